The molecule has 0 saturated heterocycles. The first-order valence-corrected chi connectivity index (χ1v) is 15.2. The molecule has 3 rings (SSSR count). The van der Waals surface area contributed by atoms with Crippen LogP contribution in [0, 0.1) is 0 Å². The first-order valence-electron chi connectivity index (χ1n) is 12.6. The summed E-state index contributed by atoms with van der Waals surface area (Å²) >= 11 is 18.3. The van der Waals surface area contributed by atoms with E-state index >= 15 is 0 Å². The van der Waals surface area contributed by atoms with Crippen molar-refractivity contribution in [3.63, 3.8) is 0 Å². The predicted octanol–water partition coefficient (Wildman–Crippen LogP) is 6.18. The zero-order chi connectivity index (χ0) is 30.5. The zero-order valence-corrected chi connectivity index (χ0v) is 26.4. The number of halogens is 3. The number of hydrogen-bond acceptors (Lipinski definition) is 5. The SMILES string of the molecule is COc1ccc(S(=O)(=O)N(CC(=O)N(Cc2ccc(Cl)c(Cl)c2)C(C)C(=O)NC(C)(C)C)c2ccc(Cl)cc2)cc1. The minimum atomic E-state index is -4.23. The predicted molar refractivity (Wildman–Crippen MR) is 163 cm³/mol. The first kappa shape index (κ1) is 32.5. The second-order valence-electron chi connectivity index (χ2n) is 10.3. The van der Waals surface area contributed by atoms with Gasteiger partial charge in [0.15, 0.2) is 0 Å². The second kappa shape index (κ2) is 13.3. The molecular formula is C29H32Cl3N3O5S. The van der Waals surface area contributed by atoms with Crippen LogP contribution in [0.15, 0.2) is 71.6 Å². The molecule has 0 spiro atoms. The van der Waals surface area contributed by atoms with E-state index in [1.54, 1.807) is 25.1 Å². The second-order valence-corrected chi connectivity index (χ2v) is 13.5. The van der Waals surface area contributed by atoms with Crippen LogP contribution in [-0.2, 0) is 26.2 Å². The van der Waals surface area contributed by atoms with Crippen LogP contribution in [0.2, 0.25) is 15.1 Å². The summed E-state index contributed by atoms with van der Waals surface area (Å²) in [7, 11) is -2.76. The van der Waals surface area contributed by atoms with Gasteiger partial charge in [-0.3, -0.25) is 13.9 Å². The molecule has 8 nitrogen and oxygen atoms in total. The maximum Gasteiger partial charge on any atom is 0.264 e. The fraction of sp³-hybridized carbons (Fsp3) is 0.310. The van der Waals surface area contributed by atoms with Crippen molar-refractivity contribution in [1.82, 2.24) is 10.2 Å². The lowest BCUT2D eigenvalue weighted by atomic mass is 10.1. The third-order valence-electron chi connectivity index (χ3n) is 6.04. The Kier molecular flexibility index (Phi) is 10.6. The molecule has 1 atom stereocenters. The number of anilines is 1. The molecule has 0 aliphatic carbocycles. The van der Waals surface area contributed by atoms with Gasteiger partial charge in [-0.1, -0.05) is 40.9 Å². The molecule has 1 unspecified atom stereocenters. The van der Waals surface area contributed by atoms with Crippen LogP contribution in [0.1, 0.15) is 33.3 Å². The van der Waals surface area contributed by atoms with Gasteiger partial charge in [-0.15, -0.1) is 0 Å². The van der Waals surface area contributed by atoms with E-state index in [9.17, 15) is 18.0 Å². The Morgan fingerprint density at radius 3 is 2.07 bits per heavy atom. The lowest BCUT2D eigenvalue weighted by Gasteiger charge is -2.33. The van der Waals surface area contributed by atoms with Gasteiger partial charge in [0, 0.05) is 17.1 Å². The molecule has 0 fully saturated rings. The lowest BCUT2D eigenvalue weighted by molar-refractivity contribution is -0.140. The third-order valence-corrected chi connectivity index (χ3v) is 8.82. The van der Waals surface area contributed by atoms with Crippen molar-refractivity contribution in [2.24, 2.45) is 0 Å². The van der Waals surface area contributed by atoms with Crippen molar-refractivity contribution in [3.05, 3.63) is 87.4 Å². The Morgan fingerprint density at radius 1 is 0.927 bits per heavy atom. The largest absolute Gasteiger partial charge is 0.497 e. The van der Waals surface area contributed by atoms with E-state index in [1.807, 2.05) is 20.8 Å². The van der Waals surface area contributed by atoms with Gasteiger partial charge in [0.1, 0.15) is 18.3 Å². The fourth-order valence-electron chi connectivity index (χ4n) is 3.90. The van der Waals surface area contributed by atoms with E-state index in [0.29, 0.717) is 21.4 Å². The van der Waals surface area contributed by atoms with Crippen molar-refractivity contribution in [2.45, 2.75) is 50.7 Å². The molecule has 0 heterocycles. The molecule has 41 heavy (non-hydrogen) atoms. The average Bonchev–Trinajstić information content (AvgIpc) is 2.91. The number of hydrogen-bond donors (Lipinski definition) is 1. The van der Waals surface area contributed by atoms with E-state index in [4.69, 9.17) is 39.5 Å². The molecule has 0 radical (unpaired) electrons. The van der Waals surface area contributed by atoms with Crippen molar-refractivity contribution in [2.75, 3.05) is 18.0 Å². The van der Waals surface area contributed by atoms with E-state index < -0.39 is 40.0 Å². The number of ether oxygens (including phenoxy) is 1. The number of rotatable bonds is 10. The van der Waals surface area contributed by atoms with Crippen LogP contribution >= 0.6 is 34.8 Å². The van der Waals surface area contributed by atoms with Crippen LogP contribution in [0.4, 0.5) is 5.69 Å². The molecule has 0 aliphatic rings. The Labute approximate surface area is 256 Å². The summed E-state index contributed by atoms with van der Waals surface area (Å²) in [5.41, 5.74) is 0.274. The summed E-state index contributed by atoms with van der Waals surface area (Å²) in [5, 5.41) is 3.90. The van der Waals surface area contributed by atoms with Gasteiger partial charge in [-0.25, -0.2) is 8.42 Å². The topological polar surface area (TPSA) is 96.0 Å². The van der Waals surface area contributed by atoms with E-state index in [-0.39, 0.29) is 22.2 Å². The first-order chi connectivity index (χ1) is 19.1. The number of sulfonamides is 1. The highest BCUT2D eigenvalue weighted by Crippen LogP contribution is 2.28. The van der Waals surface area contributed by atoms with Gasteiger partial charge in [0.25, 0.3) is 10.0 Å². The molecule has 0 bridgehead atoms. The summed E-state index contributed by atoms with van der Waals surface area (Å²) in [5.74, 6) is -0.536. The number of nitrogens with one attached hydrogen (secondary N) is 1. The fourth-order valence-corrected chi connectivity index (χ4v) is 5.76. The van der Waals surface area contributed by atoms with Crippen LogP contribution in [0.3, 0.4) is 0 Å². The van der Waals surface area contributed by atoms with Gasteiger partial charge in [0.2, 0.25) is 11.8 Å². The van der Waals surface area contributed by atoms with Crippen molar-refractivity contribution >= 4 is 62.3 Å². The Hall–Kier alpha value is -2.98. The van der Waals surface area contributed by atoms with Crippen LogP contribution in [-0.4, -0.2) is 50.4 Å². The minimum absolute atomic E-state index is 0.0223. The highest BCUT2D eigenvalue weighted by atomic mass is 35.5. The van der Waals surface area contributed by atoms with Gasteiger partial charge in [-0.2, -0.15) is 0 Å². The number of amides is 2. The normalized spacial score (nSPS) is 12.4. The van der Waals surface area contributed by atoms with Crippen molar-refractivity contribution < 1.29 is 22.7 Å². The van der Waals surface area contributed by atoms with Gasteiger partial charge in [-0.05, 0) is 93.9 Å². The number of nitrogens with zero attached hydrogens (tertiary/aromatic N) is 2. The molecule has 0 saturated carbocycles. The average molecular weight is 641 g/mol. The van der Waals surface area contributed by atoms with Gasteiger partial charge >= 0.3 is 0 Å². The molecule has 3 aromatic rings. The van der Waals surface area contributed by atoms with Crippen LogP contribution in [0.25, 0.3) is 0 Å². The van der Waals surface area contributed by atoms with E-state index in [2.05, 4.69) is 5.32 Å². The third kappa shape index (κ3) is 8.52. The molecule has 2 amide bonds. The zero-order valence-electron chi connectivity index (χ0n) is 23.3. The summed E-state index contributed by atoms with van der Waals surface area (Å²) in [4.78, 5) is 28.4. The highest BCUT2D eigenvalue weighted by Gasteiger charge is 2.33. The van der Waals surface area contributed by atoms with E-state index in [0.717, 1.165) is 4.31 Å². The monoisotopic (exact) mass is 639 g/mol. The summed E-state index contributed by atoms with van der Waals surface area (Å²) in [6.45, 7) is 6.45. The molecule has 12 heteroatoms. The molecule has 1 N–H and O–H groups in total. The smallest absolute Gasteiger partial charge is 0.264 e. The lowest BCUT2D eigenvalue weighted by Crippen LogP contribution is -2.54. The standard InChI is InChI=1S/C29H32Cl3N3O5S/c1-19(28(37)33-29(2,3)4)34(17-20-6-15-25(31)26(32)16-20)27(36)18-35(22-9-7-21(30)8-10-22)41(38,39)24-13-11-23(40-5)12-14-24/h6-16,19H,17-18H2,1-5H3,(H,33,37). The summed E-state index contributed by atoms with van der Waals surface area (Å²) < 4.78 is 33.9. The van der Waals surface area contributed by atoms with Gasteiger partial charge in [0.05, 0.1) is 27.7 Å². The summed E-state index contributed by atoms with van der Waals surface area (Å²) in [6, 6.07) is 15.8. The maximum atomic E-state index is 14.0. The molecule has 0 aromatic heterocycles. The number of carbonyl (C=O) groups is 2. The number of methoxy groups -OCH3 is 1. The Morgan fingerprint density at radius 2 is 1.54 bits per heavy atom. The highest BCUT2D eigenvalue weighted by molar-refractivity contribution is 7.92. The van der Waals surface area contributed by atoms with E-state index in [1.165, 1.54) is 60.5 Å². The van der Waals surface area contributed by atoms with Crippen molar-refractivity contribution in [1.29, 1.82) is 0 Å². The Bertz CT molecular complexity index is 1490. The van der Waals surface area contributed by atoms with Crippen molar-refractivity contribution in [3.8, 4) is 5.75 Å². The Balaban J connectivity index is 2.05. The maximum absolute atomic E-state index is 14.0. The quantitative estimate of drug-likeness (QED) is 0.286. The molecule has 3 aromatic carbocycles. The number of carbonyl (C=O) groups excluding carboxylic acids is 2. The minimum Gasteiger partial charge on any atom is -0.497 e. The molecule has 220 valence electrons. The summed E-state index contributed by atoms with van der Waals surface area (Å²) in [6.07, 6.45) is 0. The van der Waals surface area contributed by atoms with Crippen LogP contribution < -0.4 is 14.4 Å². The van der Waals surface area contributed by atoms with Crippen LogP contribution in [0.5, 0.6) is 5.75 Å². The number of benzene rings is 3. The molecular weight excluding hydrogens is 609 g/mol. The van der Waals surface area contributed by atoms with Gasteiger partial charge < -0.3 is 15.0 Å². The molecule has 0 aliphatic heterocycles.